The minimum absolute atomic E-state index is 0.107. The summed E-state index contributed by atoms with van der Waals surface area (Å²) in [6, 6.07) is 5.79. The molecule has 0 spiro atoms. The molecule has 2 atom stereocenters. The maximum absolute atomic E-state index is 12.8. The maximum Gasteiger partial charge on any atom is 0.237 e. The van der Waals surface area contributed by atoms with E-state index in [1.54, 1.807) is 0 Å². The molecular formula is C18H25Cl2N3O. The summed E-state index contributed by atoms with van der Waals surface area (Å²) in [4.78, 5) is 17.1. The first-order valence-corrected chi connectivity index (χ1v) is 9.34. The first kappa shape index (κ1) is 18.0. The third kappa shape index (κ3) is 3.72. The van der Waals surface area contributed by atoms with Gasteiger partial charge in [0.05, 0.1) is 22.6 Å². The first-order valence-electron chi connectivity index (χ1n) is 8.59. The van der Waals surface area contributed by atoms with Crippen LogP contribution in [-0.2, 0) is 4.79 Å². The Kier molecular flexibility index (Phi) is 5.40. The molecule has 0 aliphatic carbocycles. The number of carbonyl (C=O) groups is 1. The second-order valence-corrected chi connectivity index (χ2v) is 8.21. The van der Waals surface area contributed by atoms with Crippen LogP contribution in [0.25, 0.3) is 0 Å². The number of nitrogens with zero attached hydrogens (tertiary/aromatic N) is 2. The number of benzene rings is 1. The van der Waals surface area contributed by atoms with Crippen molar-refractivity contribution in [1.82, 2.24) is 9.80 Å². The zero-order valence-corrected chi connectivity index (χ0v) is 15.6. The zero-order chi connectivity index (χ0) is 17.3. The first-order chi connectivity index (χ1) is 11.4. The SMILES string of the molecule is CC1(CN)CCN(CC(=O)N2CCCC2c2ccc(Cl)c(Cl)c2)C1. The second kappa shape index (κ2) is 7.20. The topological polar surface area (TPSA) is 49.6 Å². The van der Waals surface area contributed by atoms with E-state index in [-0.39, 0.29) is 17.4 Å². The van der Waals surface area contributed by atoms with Gasteiger partial charge in [0.25, 0.3) is 0 Å². The molecule has 24 heavy (non-hydrogen) atoms. The lowest BCUT2D eigenvalue weighted by Crippen LogP contribution is -2.40. The number of likely N-dealkylation sites (tertiary alicyclic amines) is 2. The zero-order valence-electron chi connectivity index (χ0n) is 14.1. The van der Waals surface area contributed by atoms with Gasteiger partial charge in [-0.2, -0.15) is 0 Å². The minimum Gasteiger partial charge on any atom is -0.335 e. The van der Waals surface area contributed by atoms with Crippen molar-refractivity contribution in [3.05, 3.63) is 33.8 Å². The highest BCUT2D eigenvalue weighted by Gasteiger charge is 2.36. The van der Waals surface area contributed by atoms with Crippen LogP contribution >= 0.6 is 23.2 Å². The Hall–Kier alpha value is -0.810. The Morgan fingerprint density at radius 3 is 2.79 bits per heavy atom. The molecule has 4 nitrogen and oxygen atoms in total. The van der Waals surface area contributed by atoms with Gasteiger partial charge in [0.1, 0.15) is 0 Å². The van der Waals surface area contributed by atoms with Crippen molar-refractivity contribution in [2.24, 2.45) is 11.1 Å². The Morgan fingerprint density at radius 1 is 1.33 bits per heavy atom. The van der Waals surface area contributed by atoms with Gasteiger partial charge < -0.3 is 10.6 Å². The number of halogens is 2. The third-order valence-electron chi connectivity index (χ3n) is 5.39. The molecule has 2 unspecified atom stereocenters. The average Bonchev–Trinajstić information content (AvgIpc) is 3.18. The van der Waals surface area contributed by atoms with Crippen molar-refractivity contribution >= 4 is 29.1 Å². The van der Waals surface area contributed by atoms with Crippen LogP contribution in [0, 0.1) is 5.41 Å². The highest BCUT2D eigenvalue weighted by molar-refractivity contribution is 6.42. The van der Waals surface area contributed by atoms with Crippen molar-refractivity contribution in [3.8, 4) is 0 Å². The number of carbonyl (C=O) groups excluding carboxylic acids is 1. The monoisotopic (exact) mass is 369 g/mol. The Morgan fingerprint density at radius 2 is 2.12 bits per heavy atom. The predicted octanol–water partition coefficient (Wildman–Crippen LogP) is 3.33. The van der Waals surface area contributed by atoms with Gasteiger partial charge in [0.15, 0.2) is 0 Å². The summed E-state index contributed by atoms with van der Waals surface area (Å²) in [6.07, 6.45) is 3.06. The van der Waals surface area contributed by atoms with Crippen LogP contribution in [0.1, 0.15) is 37.8 Å². The lowest BCUT2D eigenvalue weighted by atomic mass is 9.90. The number of hydrogen-bond donors (Lipinski definition) is 1. The summed E-state index contributed by atoms with van der Waals surface area (Å²) in [5, 5.41) is 1.10. The van der Waals surface area contributed by atoms with E-state index in [0.717, 1.165) is 44.5 Å². The molecule has 6 heteroatoms. The molecule has 1 aromatic rings. The van der Waals surface area contributed by atoms with Crippen LogP contribution in [0.2, 0.25) is 10.0 Å². The van der Waals surface area contributed by atoms with Crippen molar-refractivity contribution in [1.29, 1.82) is 0 Å². The van der Waals surface area contributed by atoms with Gasteiger partial charge in [-0.15, -0.1) is 0 Å². The van der Waals surface area contributed by atoms with Crippen LogP contribution in [0.3, 0.4) is 0 Å². The molecule has 2 aliphatic heterocycles. The molecule has 0 radical (unpaired) electrons. The van der Waals surface area contributed by atoms with Gasteiger partial charge in [0.2, 0.25) is 5.91 Å². The number of rotatable bonds is 4. The maximum atomic E-state index is 12.8. The van der Waals surface area contributed by atoms with Crippen LogP contribution in [0.5, 0.6) is 0 Å². The molecule has 1 aromatic carbocycles. The van der Waals surface area contributed by atoms with E-state index < -0.39 is 0 Å². The van der Waals surface area contributed by atoms with E-state index in [9.17, 15) is 4.79 Å². The quantitative estimate of drug-likeness (QED) is 0.885. The number of hydrogen-bond acceptors (Lipinski definition) is 3. The molecular weight excluding hydrogens is 345 g/mol. The van der Waals surface area contributed by atoms with Gasteiger partial charge in [-0.25, -0.2) is 0 Å². The Bertz CT molecular complexity index is 624. The highest BCUT2D eigenvalue weighted by atomic mass is 35.5. The molecule has 1 amide bonds. The van der Waals surface area contributed by atoms with Crippen LogP contribution in [-0.4, -0.2) is 48.4 Å². The largest absolute Gasteiger partial charge is 0.335 e. The fraction of sp³-hybridized carbons (Fsp3) is 0.611. The van der Waals surface area contributed by atoms with Gasteiger partial charge in [-0.05, 0) is 55.5 Å². The Labute approximate surface area is 153 Å². The summed E-state index contributed by atoms with van der Waals surface area (Å²) in [7, 11) is 0. The molecule has 0 bridgehead atoms. The minimum atomic E-state index is 0.107. The van der Waals surface area contributed by atoms with Crippen molar-refractivity contribution in [2.75, 3.05) is 32.7 Å². The van der Waals surface area contributed by atoms with Crippen molar-refractivity contribution in [3.63, 3.8) is 0 Å². The molecule has 0 saturated carbocycles. The fourth-order valence-electron chi connectivity index (χ4n) is 3.84. The Balaban J connectivity index is 1.67. The van der Waals surface area contributed by atoms with Gasteiger partial charge in [0, 0.05) is 13.1 Å². The summed E-state index contributed by atoms with van der Waals surface area (Å²) >= 11 is 12.2. The molecule has 2 N–H and O–H groups in total. The van der Waals surface area contributed by atoms with Gasteiger partial charge >= 0.3 is 0 Å². The number of nitrogens with two attached hydrogens (primary N) is 1. The van der Waals surface area contributed by atoms with Crippen LogP contribution in [0.15, 0.2) is 18.2 Å². The van der Waals surface area contributed by atoms with E-state index >= 15 is 0 Å². The van der Waals surface area contributed by atoms with E-state index in [0.29, 0.717) is 23.1 Å². The summed E-state index contributed by atoms with van der Waals surface area (Å²) in [5.74, 6) is 0.199. The number of amides is 1. The van der Waals surface area contributed by atoms with Crippen LogP contribution in [0.4, 0.5) is 0 Å². The molecule has 2 saturated heterocycles. The molecule has 2 fully saturated rings. The normalized spacial score (nSPS) is 27.8. The highest BCUT2D eigenvalue weighted by Crippen LogP contribution is 2.35. The fourth-order valence-corrected chi connectivity index (χ4v) is 4.15. The summed E-state index contributed by atoms with van der Waals surface area (Å²) in [5.41, 5.74) is 7.08. The predicted molar refractivity (Wildman–Crippen MR) is 98.4 cm³/mol. The van der Waals surface area contributed by atoms with E-state index in [4.69, 9.17) is 28.9 Å². The molecule has 0 aromatic heterocycles. The van der Waals surface area contributed by atoms with Gasteiger partial charge in [-0.3, -0.25) is 9.69 Å². The average molecular weight is 370 g/mol. The van der Waals surface area contributed by atoms with Gasteiger partial charge in [-0.1, -0.05) is 36.2 Å². The molecule has 3 rings (SSSR count). The molecule has 2 aliphatic rings. The molecule has 132 valence electrons. The lowest BCUT2D eigenvalue weighted by Gasteiger charge is -2.28. The summed E-state index contributed by atoms with van der Waals surface area (Å²) in [6.45, 7) is 6.02. The van der Waals surface area contributed by atoms with E-state index in [1.807, 2.05) is 23.1 Å². The van der Waals surface area contributed by atoms with Crippen molar-refractivity contribution in [2.45, 2.75) is 32.2 Å². The molecule has 2 heterocycles. The van der Waals surface area contributed by atoms with E-state index in [1.165, 1.54) is 0 Å². The smallest absolute Gasteiger partial charge is 0.237 e. The summed E-state index contributed by atoms with van der Waals surface area (Å²) < 4.78 is 0. The van der Waals surface area contributed by atoms with Crippen LogP contribution < -0.4 is 5.73 Å². The van der Waals surface area contributed by atoms with E-state index in [2.05, 4.69) is 11.8 Å². The third-order valence-corrected chi connectivity index (χ3v) is 6.13. The standard InChI is InChI=1S/C18H25Cl2N3O/c1-18(11-21)6-8-22(12-18)10-17(24)23-7-2-3-16(23)13-4-5-14(19)15(20)9-13/h4-5,9,16H,2-3,6-8,10-12,21H2,1H3. The van der Waals surface area contributed by atoms with Crippen molar-refractivity contribution < 1.29 is 4.79 Å². The second-order valence-electron chi connectivity index (χ2n) is 7.39. The lowest BCUT2D eigenvalue weighted by molar-refractivity contribution is -0.133.